The van der Waals surface area contributed by atoms with Crippen molar-refractivity contribution in [1.82, 2.24) is 40.2 Å². The van der Waals surface area contributed by atoms with Gasteiger partial charge in [0, 0.05) is 101 Å². The van der Waals surface area contributed by atoms with Crippen molar-refractivity contribution in [1.29, 1.82) is 0 Å². The number of carbonyl (C=O) groups is 3. The van der Waals surface area contributed by atoms with Gasteiger partial charge < -0.3 is 29.2 Å². The van der Waals surface area contributed by atoms with E-state index in [4.69, 9.17) is 16.3 Å². The first-order valence-electron chi connectivity index (χ1n) is 21.6. The first-order chi connectivity index (χ1) is 28.7. The molecule has 5 fully saturated rings. The molecule has 14 nitrogen and oxygen atoms in total. The number of H-pyrrole nitrogens is 1. The first-order valence-corrected chi connectivity index (χ1v) is 21.9. The number of ether oxygens (including phenoxy) is 1. The van der Waals surface area contributed by atoms with E-state index in [0.717, 1.165) is 149 Å². The zero-order chi connectivity index (χ0) is 40.3. The Morgan fingerprint density at radius 1 is 0.831 bits per heavy atom. The molecule has 6 aliphatic rings. The summed E-state index contributed by atoms with van der Waals surface area (Å²) in [6.45, 7) is 13.1. The molecule has 4 saturated heterocycles. The highest BCUT2D eigenvalue weighted by atomic mass is 35.5. The molecular weight excluding hydrogens is 768 g/mol. The molecule has 59 heavy (non-hydrogen) atoms. The van der Waals surface area contributed by atoms with Gasteiger partial charge in [-0.2, -0.15) is 5.10 Å². The van der Waals surface area contributed by atoms with E-state index >= 15 is 0 Å². The van der Waals surface area contributed by atoms with Crippen molar-refractivity contribution < 1.29 is 19.1 Å². The Labute approximate surface area is 349 Å². The molecule has 2 aromatic carbocycles. The molecule has 2 N–H and O–H groups in total. The Hall–Kier alpha value is -4.79. The number of piperidine rings is 3. The number of benzene rings is 2. The number of nitrogens with one attached hydrogen (secondary N) is 2. The summed E-state index contributed by atoms with van der Waals surface area (Å²) in [4.78, 5) is 58.4. The van der Waals surface area contributed by atoms with Crippen LogP contribution in [-0.4, -0.2) is 130 Å². The van der Waals surface area contributed by atoms with Crippen molar-refractivity contribution in [2.45, 2.75) is 76.5 Å². The third-order valence-electron chi connectivity index (χ3n) is 13.8. The van der Waals surface area contributed by atoms with Crippen molar-refractivity contribution in [3.63, 3.8) is 0 Å². The minimum Gasteiger partial charge on any atom is -0.488 e. The third kappa shape index (κ3) is 7.86. The average molecular weight is 821 g/mol. The van der Waals surface area contributed by atoms with Gasteiger partial charge in [-0.15, -0.1) is 0 Å². The lowest BCUT2D eigenvalue weighted by atomic mass is 9.94. The van der Waals surface area contributed by atoms with Crippen LogP contribution in [0.3, 0.4) is 0 Å². The number of piperazine rings is 1. The van der Waals surface area contributed by atoms with Crippen LogP contribution in [0.2, 0.25) is 5.02 Å². The van der Waals surface area contributed by atoms with Gasteiger partial charge in [0.15, 0.2) is 0 Å². The number of imide groups is 1. The average Bonchev–Trinajstić information content (AvgIpc) is 3.66. The molecule has 310 valence electrons. The van der Waals surface area contributed by atoms with E-state index < -0.39 is 11.9 Å². The summed E-state index contributed by atoms with van der Waals surface area (Å²) in [6.07, 6.45) is 8.96. The Kier molecular flexibility index (Phi) is 10.2. The lowest BCUT2D eigenvalue weighted by Gasteiger charge is -2.41. The number of rotatable bonds is 10. The number of carbonyl (C=O) groups excluding carboxylic acids is 3. The second-order valence-electron chi connectivity index (χ2n) is 17.9. The van der Waals surface area contributed by atoms with Gasteiger partial charge in [0.25, 0.3) is 5.91 Å². The summed E-state index contributed by atoms with van der Waals surface area (Å²) in [7, 11) is 0. The monoisotopic (exact) mass is 820 g/mol. The van der Waals surface area contributed by atoms with Crippen LogP contribution in [-0.2, 0) is 16.1 Å². The molecular formula is C44H53ClN10O4. The van der Waals surface area contributed by atoms with Gasteiger partial charge in [0.2, 0.25) is 11.8 Å². The van der Waals surface area contributed by atoms with Crippen molar-refractivity contribution in [3.8, 4) is 17.1 Å². The number of fused-ring (bicyclic) bond motifs is 2. The summed E-state index contributed by atoms with van der Waals surface area (Å²) in [5.41, 5.74) is 4.90. The smallest absolute Gasteiger partial charge is 0.255 e. The lowest BCUT2D eigenvalue weighted by molar-refractivity contribution is -0.136. The number of aromatic nitrogens is 4. The fourth-order valence-electron chi connectivity index (χ4n) is 9.89. The highest BCUT2D eigenvalue weighted by Crippen LogP contribution is 2.42. The minimum absolute atomic E-state index is 0.0381. The topological polar surface area (TPSA) is 143 Å². The van der Waals surface area contributed by atoms with Gasteiger partial charge in [-0.05, 0) is 94.0 Å². The largest absolute Gasteiger partial charge is 0.488 e. The normalized spacial score (nSPS) is 23.3. The zero-order valence-electron chi connectivity index (χ0n) is 33.8. The third-order valence-corrected chi connectivity index (χ3v) is 14.2. The number of nitrogens with zero attached hydrogens (tertiary/aromatic N) is 8. The predicted molar refractivity (Wildman–Crippen MR) is 226 cm³/mol. The van der Waals surface area contributed by atoms with Crippen molar-refractivity contribution in [2.24, 2.45) is 11.8 Å². The maximum atomic E-state index is 13.2. The van der Waals surface area contributed by atoms with E-state index in [-0.39, 0.29) is 23.8 Å². The summed E-state index contributed by atoms with van der Waals surface area (Å²) in [5, 5.41) is 11.8. The number of hydrogen-bond donors (Lipinski definition) is 2. The predicted octanol–water partition coefficient (Wildman–Crippen LogP) is 5.12. The molecule has 5 aliphatic heterocycles. The van der Waals surface area contributed by atoms with Crippen LogP contribution in [0.4, 0.5) is 11.5 Å². The van der Waals surface area contributed by atoms with Gasteiger partial charge in [-0.1, -0.05) is 11.6 Å². The van der Waals surface area contributed by atoms with Crippen LogP contribution in [0.1, 0.15) is 74.2 Å². The van der Waals surface area contributed by atoms with Crippen molar-refractivity contribution >= 4 is 51.7 Å². The number of hydrogen-bond acceptors (Lipinski definition) is 11. The highest BCUT2D eigenvalue weighted by molar-refractivity contribution is 6.35. The number of anilines is 2. The molecule has 1 aliphatic carbocycles. The van der Waals surface area contributed by atoms with Crippen LogP contribution in [0.5, 0.6) is 5.75 Å². The molecule has 7 heterocycles. The van der Waals surface area contributed by atoms with Gasteiger partial charge in [-0.25, -0.2) is 9.97 Å². The summed E-state index contributed by atoms with van der Waals surface area (Å²) < 4.78 is 6.24. The van der Waals surface area contributed by atoms with Crippen LogP contribution in [0.15, 0.2) is 42.7 Å². The Balaban J connectivity index is 0.667. The summed E-state index contributed by atoms with van der Waals surface area (Å²) >= 11 is 6.98. The molecule has 0 spiro atoms. The maximum Gasteiger partial charge on any atom is 0.255 e. The Bertz CT molecular complexity index is 2250. The van der Waals surface area contributed by atoms with Crippen molar-refractivity contribution in [2.75, 3.05) is 75.2 Å². The number of amides is 3. The van der Waals surface area contributed by atoms with E-state index in [9.17, 15) is 14.4 Å². The van der Waals surface area contributed by atoms with Crippen molar-refractivity contribution in [3.05, 3.63) is 58.9 Å². The quantitative estimate of drug-likeness (QED) is 0.206. The Morgan fingerprint density at radius 2 is 1.53 bits per heavy atom. The summed E-state index contributed by atoms with van der Waals surface area (Å²) in [6, 6.07) is 11.4. The lowest BCUT2D eigenvalue weighted by Crippen LogP contribution is -2.52. The summed E-state index contributed by atoms with van der Waals surface area (Å²) in [5.74, 6) is 2.29. The van der Waals surface area contributed by atoms with Gasteiger partial charge in [0.1, 0.15) is 35.2 Å². The van der Waals surface area contributed by atoms with E-state index in [1.165, 1.54) is 0 Å². The zero-order valence-corrected chi connectivity index (χ0v) is 34.6. The molecule has 0 bridgehead atoms. The first kappa shape index (κ1) is 38.4. The van der Waals surface area contributed by atoms with Crippen LogP contribution in [0.25, 0.3) is 22.3 Å². The van der Waals surface area contributed by atoms with E-state index in [1.807, 2.05) is 24.3 Å². The molecule has 15 heteroatoms. The Morgan fingerprint density at radius 3 is 2.20 bits per heavy atom. The molecule has 1 saturated carbocycles. The van der Waals surface area contributed by atoms with Crippen LogP contribution >= 0.6 is 11.6 Å². The molecule has 2 aromatic heterocycles. The van der Waals surface area contributed by atoms with Gasteiger partial charge in [0.05, 0.1) is 21.9 Å². The molecule has 0 radical (unpaired) electrons. The second kappa shape index (κ2) is 15.7. The minimum atomic E-state index is -0.643. The van der Waals surface area contributed by atoms with Gasteiger partial charge >= 0.3 is 0 Å². The van der Waals surface area contributed by atoms with Crippen LogP contribution < -0.4 is 19.9 Å². The SMILES string of the molecule is CC1(Oc2ccc3[nH]nc(-c4cc(N5CCC(CN6CCN(CC7CCN(c8ccc9c(c8Cl)CN(C8CCC(=O)NC8=O)C9=O)CC7)CC6)CC5)ncn4)c3c2)CC1. The number of aromatic amines is 1. The molecule has 10 rings (SSSR count). The molecule has 1 atom stereocenters. The molecule has 3 amide bonds. The van der Waals surface area contributed by atoms with E-state index in [0.29, 0.717) is 35.4 Å². The highest BCUT2D eigenvalue weighted by Gasteiger charge is 2.41. The van der Waals surface area contributed by atoms with Gasteiger partial charge in [-0.3, -0.25) is 24.8 Å². The van der Waals surface area contributed by atoms with E-state index in [1.54, 1.807) is 11.2 Å². The fourth-order valence-corrected chi connectivity index (χ4v) is 10.2. The fraction of sp³-hybridized carbons (Fsp3) is 0.545. The molecule has 4 aromatic rings. The number of halogens is 1. The standard InChI is InChI=1S/C44H53ClN10O4/c1-44(12-13-44)59-30-2-4-34-32(22-30)41(50-49-34)35-23-38(47-27-46-35)54-16-10-29(11-17-54)25-52-20-18-51(19-21-52)24-28-8-14-53(15-9-28)36-5-3-31-33(40(36)45)26-55(43(31)58)37-6-7-39(56)48-42(37)57/h2-5,22-23,27-29,37H,6-21,24-26H2,1H3,(H,49,50)(H,48,56,57). The molecule has 1 unspecified atom stereocenters. The maximum absolute atomic E-state index is 13.2. The second-order valence-corrected chi connectivity index (χ2v) is 18.3. The van der Waals surface area contributed by atoms with Crippen LogP contribution in [0, 0.1) is 11.8 Å². The van der Waals surface area contributed by atoms with E-state index in [2.05, 4.69) is 64.1 Å².